The van der Waals surface area contributed by atoms with Crippen LogP contribution < -0.4 is 11.1 Å². The first-order valence-corrected chi connectivity index (χ1v) is 6.45. The molecule has 1 aliphatic rings. The van der Waals surface area contributed by atoms with Gasteiger partial charge in [0.2, 0.25) is 5.91 Å². The maximum atomic E-state index is 13.1. The number of halogens is 2. The lowest BCUT2D eigenvalue weighted by molar-refractivity contribution is -0.120. The Morgan fingerprint density at radius 3 is 3.00 bits per heavy atom. The van der Waals surface area contributed by atoms with Crippen LogP contribution >= 0.6 is 11.6 Å². The van der Waals surface area contributed by atoms with Gasteiger partial charge in [-0.15, -0.1) is 0 Å². The van der Waals surface area contributed by atoms with Crippen LogP contribution in [-0.2, 0) is 4.79 Å². The molecule has 1 amide bonds. The Morgan fingerprint density at radius 1 is 1.50 bits per heavy atom. The molecule has 0 aromatic heterocycles. The lowest BCUT2D eigenvalue weighted by atomic mass is 9.95. The lowest BCUT2D eigenvalue weighted by Gasteiger charge is -2.17. The molecule has 2 atom stereocenters. The zero-order valence-electron chi connectivity index (χ0n) is 9.96. The van der Waals surface area contributed by atoms with Crippen molar-refractivity contribution < 1.29 is 9.18 Å². The molecule has 2 rings (SSSR count). The first kappa shape index (κ1) is 13.3. The summed E-state index contributed by atoms with van der Waals surface area (Å²) in [6.07, 6.45) is 2.82. The van der Waals surface area contributed by atoms with Crippen molar-refractivity contribution in [1.82, 2.24) is 0 Å². The number of carbonyl (C=O) groups is 1. The Hall–Kier alpha value is -1.13. The number of nitrogens with one attached hydrogen (secondary N) is 1. The second kappa shape index (κ2) is 5.67. The van der Waals surface area contributed by atoms with Crippen LogP contribution in [0.15, 0.2) is 18.2 Å². The molecule has 98 valence electrons. The minimum absolute atomic E-state index is 0.0886. The Balaban J connectivity index is 2.09. The van der Waals surface area contributed by atoms with Gasteiger partial charge in [-0.2, -0.15) is 0 Å². The molecule has 0 bridgehead atoms. The van der Waals surface area contributed by atoms with E-state index in [9.17, 15) is 9.18 Å². The number of carbonyl (C=O) groups excluding carboxylic acids is 1. The second-order valence-electron chi connectivity index (χ2n) is 4.65. The second-order valence-corrected chi connectivity index (χ2v) is 5.05. The largest absolute Gasteiger partial charge is 0.330 e. The lowest BCUT2D eigenvalue weighted by Crippen LogP contribution is -2.29. The molecular weight excluding hydrogens is 255 g/mol. The predicted molar refractivity (Wildman–Crippen MR) is 69.9 cm³/mol. The fourth-order valence-corrected chi connectivity index (χ4v) is 2.65. The topological polar surface area (TPSA) is 55.1 Å². The Kier molecular flexibility index (Phi) is 4.19. The van der Waals surface area contributed by atoms with E-state index < -0.39 is 5.82 Å². The molecule has 0 spiro atoms. The van der Waals surface area contributed by atoms with Crippen LogP contribution in [0.3, 0.4) is 0 Å². The Morgan fingerprint density at radius 2 is 2.28 bits per heavy atom. The van der Waals surface area contributed by atoms with Gasteiger partial charge in [-0.25, -0.2) is 4.39 Å². The third-order valence-corrected chi connectivity index (χ3v) is 3.81. The molecule has 3 N–H and O–H groups in total. The molecule has 1 fully saturated rings. The van der Waals surface area contributed by atoms with Crippen molar-refractivity contribution in [3.8, 4) is 0 Å². The summed E-state index contributed by atoms with van der Waals surface area (Å²) in [5.74, 6) is -0.404. The van der Waals surface area contributed by atoms with Crippen LogP contribution in [0, 0.1) is 17.7 Å². The van der Waals surface area contributed by atoms with Gasteiger partial charge < -0.3 is 11.1 Å². The summed E-state index contributed by atoms with van der Waals surface area (Å²) in [6, 6.07) is 3.92. The van der Waals surface area contributed by atoms with Gasteiger partial charge in [-0.3, -0.25) is 4.79 Å². The van der Waals surface area contributed by atoms with Gasteiger partial charge in [0.15, 0.2) is 0 Å². The van der Waals surface area contributed by atoms with Crippen LogP contribution in [-0.4, -0.2) is 12.5 Å². The SMILES string of the molecule is NCC1CCCC1C(=O)Nc1cc(F)ccc1Cl. The van der Waals surface area contributed by atoms with Crippen molar-refractivity contribution in [1.29, 1.82) is 0 Å². The molecule has 0 aliphatic heterocycles. The highest BCUT2D eigenvalue weighted by atomic mass is 35.5. The summed E-state index contributed by atoms with van der Waals surface area (Å²) < 4.78 is 13.1. The average molecular weight is 271 g/mol. The van der Waals surface area contributed by atoms with Gasteiger partial charge in [0, 0.05) is 5.92 Å². The smallest absolute Gasteiger partial charge is 0.227 e. The third-order valence-electron chi connectivity index (χ3n) is 3.48. The number of amides is 1. The summed E-state index contributed by atoms with van der Waals surface area (Å²) in [5.41, 5.74) is 5.97. The maximum Gasteiger partial charge on any atom is 0.227 e. The van der Waals surface area contributed by atoms with Crippen molar-refractivity contribution in [3.05, 3.63) is 29.0 Å². The summed E-state index contributed by atoms with van der Waals surface area (Å²) >= 11 is 5.91. The number of hydrogen-bond acceptors (Lipinski definition) is 2. The minimum atomic E-state index is -0.420. The van der Waals surface area contributed by atoms with E-state index in [4.69, 9.17) is 17.3 Å². The molecule has 0 radical (unpaired) electrons. The fourth-order valence-electron chi connectivity index (χ4n) is 2.48. The maximum absolute atomic E-state index is 13.1. The molecule has 5 heteroatoms. The minimum Gasteiger partial charge on any atom is -0.330 e. The molecule has 1 aromatic rings. The average Bonchev–Trinajstić information content (AvgIpc) is 2.82. The van der Waals surface area contributed by atoms with E-state index in [1.165, 1.54) is 18.2 Å². The highest BCUT2D eigenvalue weighted by molar-refractivity contribution is 6.33. The quantitative estimate of drug-likeness (QED) is 0.887. The summed E-state index contributed by atoms with van der Waals surface area (Å²) in [4.78, 5) is 12.1. The van der Waals surface area contributed by atoms with E-state index in [1.807, 2.05) is 0 Å². The monoisotopic (exact) mass is 270 g/mol. The van der Waals surface area contributed by atoms with Crippen molar-refractivity contribution in [2.24, 2.45) is 17.6 Å². The molecule has 18 heavy (non-hydrogen) atoms. The van der Waals surface area contributed by atoms with Gasteiger partial charge in [0.05, 0.1) is 10.7 Å². The van der Waals surface area contributed by atoms with Gasteiger partial charge in [-0.05, 0) is 43.5 Å². The van der Waals surface area contributed by atoms with Crippen LogP contribution in [0.1, 0.15) is 19.3 Å². The van der Waals surface area contributed by atoms with Crippen LogP contribution in [0.4, 0.5) is 10.1 Å². The van der Waals surface area contributed by atoms with E-state index in [2.05, 4.69) is 5.32 Å². The summed E-state index contributed by atoms with van der Waals surface area (Å²) in [5, 5.41) is 3.03. The predicted octanol–water partition coefficient (Wildman–Crippen LogP) is 2.79. The molecule has 3 nitrogen and oxygen atoms in total. The van der Waals surface area contributed by atoms with Gasteiger partial charge in [0.1, 0.15) is 5.82 Å². The van der Waals surface area contributed by atoms with E-state index in [-0.39, 0.29) is 17.7 Å². The Bertz CT molecular complexity index is 453. The number of anilines is 1. The van der Waals surface area contributed by atoms with Gasteiger partial charge in [0.25, 0.3) is 0 Å². The van der Waals surface area contributed by atoms with Gasteiger partial charge >= 0.3 is 0 Å². The van der Waals surface area contributed by atoms with E-state index >= 15 is 0 Å². The fraction of sp³-hybridized carbons (Fsp3) is 0.462. The summed E-state index contributed by atoms with van der Waals surface area (Å²) in [7, 11) is 0. The number of hydrogen-bond donors (Lipinski definition) is 2. The van der Waals surface area contributed by atoms with Crippen LogP contribution in [0.25, 0.3) is 0 Å². The highest BCUT2D eigenvalue weighted by Gasteiger charge is 2.32. The van der Waals surface area contributed by atoms with Crippen LogP contribution in [0.5, 0.6) is 0 Å². The molecular formula is C13H16ClFN2O. The van der Waals surface area contributed by atoms with E-state index in [1.54, 1.807) is 0 Å². The van der Waals surface area contributed by atoms with Crippen molar-refractivity contribution >= 4 is 23.2 Å². The molecule has 1 aromatic carbocycles. The van der Waals surface area contributed by atoms with E-state index in [0.717, 1.165) is 19.3 Å². The van der Waals surface area contributed by atoms with Crippen molar-refractivity contribution in [3.63, 3.8) is 0 Å². The van der Waals surface area contributed by atoms with Crippen LogP contribution in [0.2, 0.25) is 5.02 Å². The Labute approximate surface area is 111 Å². The first-order valence-electron chi connectivity index (χ1n) is 6.08. The van der Waals surface area contributed by atoms with Crippen molar-refractivity contribution in [2.45, 2.75) is 19.3 Å². The molecule has 1 saturated carbocycles. The van der Waals surface area contributed by atoms with Gasteiger partial charge in [-0.1, -0.05) is 18.0 Å². The van der Waals surface area contributed by atoms with E-state index in [0.29, 0.717) is 17.3 Å². The molecule has 1 aliphatic carbocycles. The first-order chi connectivity index (χ1) is 8.61. The standard InChI is InChI=1S/C13H16ClFN2O/c14-11-5-4-9(15)6-12(11)17-13(18)10-3-1-2-8(10)7-16/h4-6,8,10H,1-3,7,16H2,(H,17,18). The normalized spacial score (nSPS) is 23.1. The molecule has 2 unspecified atom stereocenters. The highest BCUT2D eigenvalue weighted by Crippen LogP contribution is 2.32. The summed E-state index contributed by atoms with van der Waals surface area (Å²) in [6.45, 7) is 0.509. The number of nitrogens with two attached hydrogens (primary N) is 1. The molecule has 0 saturated heterocycles. The number of rotatable bonds is 3. The molecule has 0 heterocycles. The zero-order chi connectivity index (χ0) is 13.1. The number of benzene rings is 1. The zero-order valence-corrected chi connectivity index (χ0v) is 10.7. The third kappa shape index (κ3) is 2.82. The van der Waals surface area contributed by atoms with Crippen molar-refractivity contribution in [2.75, 3.05) is 11.9 Å².